The van der Waals surface area contributed by atoms with Crippen LogP contribution in [-0.4, -0.2) is 31.0 Å². The van der Waals surface area contributed by atoms with Crippen molar-refractivity contribution in [1.82, 2.24) is 24.5 Å². The molecule has 2 aromatic heterocycles. The van der Waals surface area contributed by atoms with Gasteiger partial charge in [-0.3, -0.25) is 4.57 Å². The molecule has 6 nitrogen and oxygen atoms in total. The van der Waals surface area contributed by atoms with Crippen LogP contribution in [0.4, 0.5) is 5.95 Å². The Bertz CT molecular complexity index is 509. The van der Waals surface area contributed by atoms with Gasteiger partial charge in [-0.15, -0.1) is 0 Å². The molecule has 90 valence electrons. The number of hydrogen-bond acceptors (Lipinski definition) is 5. The van der Waals surface area contributed by atoms with Gasteiger partial charge in [0.05, 0.1) is 0 Å². The second-order valence-corrected chi connectivity index (χ2v) is 3.84. The molecule has 2 heterocycles. The van der Waals surface area contributed by atoms with Crippen LogP contribution in [0.15, 0.2) is 12.4 Å². The number of nitrogens with one attached hydrogen (secondary N) is 1. The minimum Gasteiger partial charge on any atom is -0.354 e. The van der Waals surface area contributed by atoms with Gasteiger partial charge < -0.3 is 5.32 Å². The van der Waals surface area contributed by atoms with Gasteiger partial charge in [0.25, 0.3) is 0 Å². The molecule has 1 N–H and O–H groups in total. The summed E-state index contributed by atoms with van der Waals surface area (Å²) < 4.78 is 1.75. The van der Waals surface area contributed by atoms with E-state index >= 15 is 0 Å². The summed E-state index contributed by atoms with van der Waals surface area (Å²) in [5, 5.41) is 3.24. The fourth-order valence-electron chi connectivity index (χ4n) is 1.35. The Kier molecular flexibility index (Phi) is 3.53. The van der Waals surface area contributed by atoms with E-state index in [0.29, 0.717) is 11.9 Å². The van der Waals surface area contributed by atoms with Crippen molar-refractivity contribution in [1.29, 1.82) is 0 Å². The Hall–Kier alpha value is -1.69. The highest BCUT2D eigenvalue weighted by atomic mass is 35.5. The van der Waals surface area contributed by atoms with Crippen LogP contribution >= 0.6 is 11.6 Å². The molecule has 17 heavy (non-hydrogen) atoms. The minimum atomic E-state index is 0.168. The molecule has 0 saturated carbocycles. The van der Waals surface area contributed by atoms with E-state index in [1.54, 1.807) is 17.0 Å². The van der Waals surface area contributed by atoms with E-state index in [-0.39, 0.29) is 5.28 Å². The molecule has 0 aliphatic heterocycles. The zero-order valence-corrected chi connectivity index (χ0v) is 10.4. The Morgan fingerprint density at radius 2 is 2.18 bits per heavy atom. The van der Waals surface area contributed by atoms with E-state index in [1.165, 1.54) is 0 Å². The molecule has 0 aliphatic carbocycles. The van der Waals surface area contributed by atoms with Crippen LogP contribution < -0.4 is 5.32 Å². The van der Waals surface area contributed by atoms with Crippen molar-refractivity contribution in [2.45, 2.75) is 20.3 Å². The van der Waals surface area contributed by atoms with Crippen molar-refractivity contribution in [3.63, 3.8) is 0 Å². The van der Waals surface area contributed by atoms with Gasteiger partial charge in [0.1, 0.15) is 5.82 Å². The van der Waals surface area contributed by atoms with Gasteiger partial charge in [-0.2, -0.15) is 15.0 Å². The molecule has 0 fully saturated rings. The van der Waals surface area contributed by atoms with Crippen LogP contribution in [0, 0.1) is 6.92 Å². The third kappa shape index (κ3) is 2.71. The number of rotatable bonds is 4. The van der Waals surface area contributed by atoms with Crippen molar-refractivity contribution in [2.75, 3.05) is 11.9 Å². The van der Waals surface area contributed by atoms with Gasteiger partial charge in [-0.25, -0.2) is 4.98 Å². The predicted molar refractivity (Wildman–Crippen MR) is 65.5 cm³/mol. The number of hydrogen-bond donors (Lipinski definition) is 1. The first-order valence-electron chi connectivity index (χ1n) is 5.36. The maximum atomic E-state index is 5.86. The highest BCUT2D eigenvalue weighted by Gasteiger charge is 2.08. The molecular formula is C10H13ClN6. The number of imidazole rings is 1. The van der Waals surface area contributed by atoms with Gasteiger partial charge in [0.15, 0.2) is 0 Å². The first-order chi connectivity index (χ1) is 8.20. The van der Waals surface area contributed by atoms with Gasteiger partial charge >= 0.3 is 0 Å². The molecule has 2 aromatic rings. The topological polar surface area (TPSA) is 68.5 Å². The Morgan fingerprint density at radius 1 is 1.35 bits per heavy atom. The molecule has 0 unspecified atom stereocenters. The SMILES string of the molecule is CCCNc1nc(Cl)nc(-n2ccnc2C)n1. The van der Waals surface area contributed by atoms with Gasteiger partial charge in [0.2, 0.25) is 17.2 Å². The number of aromatic nitrogens is 5. The minimum absolute atomic E-state index is 0.168. The van der Waals surface area contributed by atoms with E-state index in [0.717, 1.165) is 18.8 Å². The summed E-state index contributed by atoms with van der Waals surface area (Å²) in [6.45, 7) is 4.73. The third-order valence-electron chi connectivity index (χ3n) is 2.17. The molecular weight excluding hydrogens is 240 g/mol. The zero-order chi connectivity index (χ0) is 12.3. The van der Waals surface area contributed by atoms with E-state index in [9.17, 15) is 0 Å². The highest BCUT2D eigenvalue weighted by Crippen LogP contribution is 2.11. The fraction of sp³-hybridized carbons (Fsp3) is 0.400. The molecule has 0 aliphatic rings. The van der Waals surface area contributed by atoms with Crippen molar-refractivity contribution in [2.24, 2.45) is 0 Å². The third-order valence-corrected chi connectivity index (χ3v) is 2.34. The quantitative estimate of drug-likeness (QED) is 0.899. The lowest BCUT2D eigenvalue weighted by Crippen LogP contribution is -2.10. The lowest BCUT2D eigenvalue weighted by molar-refractivity contribution is 0.853. The highest BCUT2D eigenvalue weighted by molar-refractivity contribution is 6.28. The van der Waals surface area contributed by atoms with Crippen LogP contribution in [0.2, 0.25) is 5.28 Å². The van der Waals surface area contributed by atoms with Crippen LogP contribution in [0.1, 0.15) is 19.2 Å². The summed E-state index contributed by atoms with van der Waals surface area (Å²) in [7, 11) is 0. The molecule has 0 radical (unpaired) electrons. The normalized spacial score (nSPS) is 10.5. The van der Waals surface area contributed by atoms with E-state index in [2.05, 4.69) is 32.2 Å². The van der Waals surface area contributed by atoms with Crippen molar-refractivity contribution < 1.29 is 0 Å². The maximum absolute atomic E-state index is 5.86. The monoisotopic (exact) mass is 252 g/mol. The summed E-state index contributed by atoms with van der Waals surface area (Å²) in [4.78, 5) is 16.5. The summed E-state index contributed by atoms with van der Waals surface area (Å²) in [5.74, 6) is 1.75. The summed E-state index contributed by atoms with van der Waals surface area (Å²) in [5.41, 5.74) is 0. The molecule has 0 amide bonds. The van der Waals surface area contributed by atoms with E-state index in [4.69, 9.17) is 11.6 Å². The number of aryl methyl sites for hydroxylation is 1. The standard InChI is InChI=1S/C10H13ClN6/c1-3-4-13-9-14-8(11)15-10(16-9)17-6-5-12-7(17)2/h5-6H,3-4H2,1-2H3,(H,13,14,15,16). The predicted octanol–water partition coefficient (Wildman–Crippen LogP) is 1.84. The molecule has 0 spiro atoms. The van der Waals surface area contributed by atoms with E-state index in [1.807, 2.05) is 6.92 Å². The van der Waals surface area contributed by atoms with Crippen LogP contribution in [0.25, 0.3) is 5.95 Å². The molecule has 2 rings (SSSR count). The number of halogens is 1. The number of anilines is 1. The Labute approximate surface area is 104 Å². The molecule has 0 saturated heterocycles. The lowest BCUT2D eigenvalue weighted by atomic mass is 10.5. The zero-order valence-electron chi connectivity index (χ0n) is 9.68. The van der Waals surface area contributed by atoms with E-state index < -0.39 is 0 Å². The molecule has 0 atom stereocenters. The largest absolute Gasteiger partial charge is 0.354 e. The summed E-state index contributed by atoms with van der Waals surface area (Å²) in [6.07, 6.45) is 4.46. The summed E-state index contributed by atoms with van der Waals surface area (Å²) in [6, 6.07) is 0. The smallest absolute Gasteiger partial charge is 0.241 e. The fourth-order valence-corrected chi connectivity index (χ4v) is 1.51. The van der Waals surface area contributed by atoms with Gasteiger partial charge in [-0.05, 0) is 24.9 Å². The van der Waals surface area contributed by atoms with Crippen LogP contribution in [0.3, 0.4) is 0 Å². The first-order valence-corrected chi connectivity index (χ1v) is 5.74. The average molecular weight is 253 g/mol. The maximum Gasteiger partial charge on any atom is 0.241 e. The van der Waals surface area contributed by atoms with Crippen molar-refractivity contribution >= 4 is 17.5 Å². The lowest BCUT2D eigenvalue weighted by Gasteiger charge is -2.06. The van der Waals surface area contributed by atoms with Gasteiger partial charge in [-0.1, -0.05) is 6.92 Å². The van der Waals surface area contributed by atoms with Gasteiger partial charge in [0, 0.05) is 18.9 Å². The molecule has 0 aromatic carbocycles. The molecule has 7 heteroatoms. The summed E-state index contributed by atoms with van der Waals surface area (Å²) >= 11 is 5.86. The first kappa shape index (κ1) is 11.8. The Balaban J connectivity index is 2.35. The molecule has 0 bridgehead atoms. The van der Waals surface area contributed by atoms with Crippen LogP contribution in [0.5, 0.6) is 0 Å². The van der Waals surface area contributed by atoms with Crippen molar-refractivity contribution in [3.05, 3.63) is 23.5 Å². The Morgan fingerprint density at radius 3 is 2.82 bits per heavy atom. The number of nitrogens with zero attached hydrogens (tertiary/aromatic N) is 5. The van der Waals surface area contributed by atoms with Crippen LogP contribution in [-0.2, 0) is 0 Å². The second-order valence-electron chi connectivity index (χ2n) is 3.50. The second kappa shape index (κ2) is 5.09. The average Bonchev–Trinajstić information content (AvgIpc) is 2.72. The van der Waals surface area contributed by atoms with Crippen molar-refractivity contribution in [3.8, 4) is 5.95 Å².